The lowest BCUT2D eigenvalue weighted by Gasteiger charge is -2.07. The second-order valence-electron chi connectivity index (χ2n) is 4.82. The predicted molar refractivity (Wildman–Crippen MR) is 78.8 cm³/mol. The molecule has 22 heavy (non-hydrogen) atoms. The Bertz CT molecular complexity index is 925. The highest BCUT2D eigenvalue weighted by molar-refractivity contribution is 5.89. The van der Waals surface area contributed by atoms with Gasteiger partial charge in [0.05, 0.1) is 27.5 Å². The normalized spacial score (nSPS) is 10.5. The van der Waals surface area contributed by atoms with Crippen LogP contribution in [0.15, 0.2) is 48.7 Å². The predicted octanol–water partition coefficient (Wildman–Crippen LogP) is 3.61. The van der Waals surface area contributed by atoms with E-state index in [-0.39, 0.29) is 11.3 Å². The Morgan fingerprint density at radius 3 is 2.82 bits per heavy atom. The van der Waals surface area contributed by atoms with E-state index in [0.29, 0.717) is 23.0 Å². The third-order valence-corrected chi connectivity index (χ3v) is 3.52. The molecule has 0 atom stereocenters. The molecule has 0 N–H and O–H groups in total. The highest BCUT2D eigenvalue weighted by Crippen LogP contribution is 2.27. The summed E-state index contributed by atoms with van der Waals surface area (Å²) in [5.74, 6) is -0.465. The van der Waals surface area contributed by atoms with E-state index in [1.54, 1.807) is 35.0 Å². The molecule has 0 aliphatic rings. The third-order valence-electron chi connectivity index (χ3n) is 3.52. The monoisotopic (exact) mass is 295 g/mol. The summed E-state index contributed by atoms with van der Waals surface area (Å²) in [5.41, 5.74) is 1.65. The summed E-state index contributed by atoms with van der Waals surface area (Å²) in [5, 5.41) is 20.7. The van der Waals surface area contributed by atoms with Crippen LogP contribution in [0.3, 0.4) is 0 Å². The van der Waals surface area contributed by atoms with E-state index in [0.717, 1.165) is 0 Å². The molecular weight excluding hydrogens is 285 g/mol. The zero-order valence-corrected chi connectivity index (χ0v) is 11.4. The Morgan fingerprint density at radius 2 is 2.09 bits per heavy atom. The molecule has 5 nitrogen and oxygen atoms in total. The van der Waals surface area contributed by atoms with Crippen molar-refractivity contribution in [3.8, 4) is 6.07 Å². The maximum atomic E-state index is 13.2. The third kappa shape index (κ3) is 2.29. The Hall–Kier alpha value is -3.20. The summed E-state index contributed by atoms with van der Waals surface area (Å²) in [7, 11) is 0. The van der Waals surface area contributed by atoms with Crippen LogP contribution in [0, 0.1) is 27.3 Å². The molecule has 0 radical (unpaired) electrons. The first-order valence-corrected chi connectivity index (χ1v) is 6.51. The van der Waals surface area contributed by atoms with Crippen LogP contribution in [-0.2, 0) is 6.54 Å². The van der Waals surface area contributed by atoms with Crippen molar-refractivity contribution < 1.29 is 9.31 Å². The molecule has 0 bridgehead atoms. The molecule has 3 aromatic rings. The van der Waals surface area contributed by atoms with Gasteiger partial charge in [-0.25, -0.2) is 4.39 Å². The van der Waals surface area contributed by atoms with Crippen LogP contribution in [0.5, 0.6) is 0 Å². The fourth-order valence-electron chi connectivity index (χ4n) is 2.48. The Labute approximate surface area is 125 Å². The van der Waals surface area contributed by atoms with Crippen molar-refractivity contribution in [1.82, 2.24) is 4.57 Å². The Morgan fingerprint density at radius 1 is 1.27 bits per heavy atom. The van der Waals surface area contributed by atoms with E-state index in [9.17, 15) is 14.5 Å². The maximum absolute atomic E-state index is 13.2. The summed E-state index contributed by atoms with van der Waals surface area (Å²) in [6.07, 6.45) is 1.72. The number of rotatable bonds is 3. The van der Waals surface area contributed by atoms with E-state index >= 15 is 0 Å². The molecule has 0 saturated heterocycles. The molecule has 0 aliphatic heterocycles. The minimum Gasteiger partial charge on any atom is -0.343 e. The lowest BCUT2D eigenvalue weighted by molar-refractivity contribution is -0.383. The van der Waals surface area contributed by atoms with Gasteiger partial charge in [0.2, 0.25) is 0 Å². The molecule has 0 saturated carbocycles. The minimum atomic E-state index is -0.465. The van der Waals surface area contributed by atoms with Crippen molar-refractivity contribution in [1.29, 1.82) is 5.26 Å². The SMILES string of the molecule is N#Cc1cc(F)ccc1Cn1ccc2c([N+](=O)[O-])cccc21. The topological polar surface area (TPSA) is 71.9 Å². The first-order valence-electron chi connectivity index (χ1n) is 6.51. The molecule has 1 heterocycles. The standard InChI is InChI=1S/C16H10FN3O2/c17-13-5-4-11(12(8-13)9-18)10-19-7-6-14-15(19)2-1-3-16(14)20(21)22/h1-8H,10H2. The summed E-state index contributed by atoms with van der Waals surface area (Å²) < 4.78 is 15.0. The fourth-order valence-corrected chi connectivity index (χ4v) is 2.48. The molecule has 1 aromatic heterocycles. The van der Waals surface area contributed by atoms with Gasteiger partial charge in [-0.3, -0.25) is 10.1 Å². The van der Waals surface area contributed by atoms with E-state index in [1.807, 2.05) is 6.07 Å². The van der Waals surface area contributed by atoms with Gasteiger partial charge in [-0.2, -0.15) is 5.26 Å². The number of non-ortho nitro benzene ring substituents is 1. The van der Waals surface area contributed by atoms with E-state index in [4.69, 9.17) is 5.26 Å². The number of aromatic nitrogens is 1. The zero-order chi connectivity index (χ0) is 15.7. The lowest BCUT2D eigenvalue weighted by atomic mass is 10.1. The number of hydrogen-bond donors (Lipinski definition) is 0. The first kappa shape index (κ1) is 13.8. The second kappa shape index (κ2) is 5.30. The number of halogens is 1. The number of nitrogens with zero attached hydrogens (tertiary/aromatic N) is 3. The minimum absolute atomic E-state index is 0.0378. The van der Waals surface area contributed by atoms with Crippen LogP contribution in [0.1, 0.15) is 11.1 Å². The molecule has 108 valence electrons. The van der Waals surface area contributed by atoms with Crippen LogP contribution >= 0.6 is 0 Å². The van der Waals surface area contributed by atoms with Gasteiger partial charge in [-0.15, -0.1) is 0 Å². The van der Waals surface area contributed by atoms with Gasteiger partial charge in [-0.05, 0) is 29.8 Å². The van der Waals surface area contributed by atoms with Crippen LogP contribution in [0.4, 0.5) is 10.1 Å². The van der Waals surface area contributed by atoms with E-state index in [2.05, 4.69) is 0 Å². The fraction of sp³-hybridized carbons (Fsp3) is 0.0625. The van der Waals surface area contributed by atoms with Crippen molar-refractivity contribution in [2.24, 2.45) is 0 Å². The largest absolute Gasteiger partial charge is 0.343 e. The average molecular weight is 295 g/mol. The van der Waals surface area contributed by atoms with E-state index in [1.165, 1.54) is 18.2 Å². The van der Waals surface area contributed by atoms with Gasteiger partial charge in [-0.1, -0.05) is 12.1 Å². The van der Waals surface area contributed by atoms with Crippen LogP contribution in [0.25, 0.3) is 10.9 Å². The van der Waals surface area contributed by atoms with Gasteiger partial charge in [0.15, 0.2) is 0 Å². The van der Waals surface area contributed by atoms with Crippen molar-refractivity contribution in [2.45, 2.75) is 6.54 Å². The summed E-state index contributed by atoms with van der Waals surface area (Å²) in [6.45, 7) is 0.341. The molecule has 3 rings (SSSR count). The number of hydrogen-bond acceptors (Lipinski definition) is 3. The molecular formula is C16H10FN3O2. The maximum Gasteiger partial charge on any atom is 0.278 e. The first-order chi connectivity index (χ1) is 10.6. The smallest absolute Gasteiger partial charge is 0.278 e. The second-order valence-corrected chi connectivity index (χ2v) is 4.82. The molecule has 6 heteroatoms. The molecule has 0 spiro atoms. The van der Waals surface area contributed by atoms with Gasteiger partial charge >= 0.3 is 0 Å². The van der Waals surface area contributed by atoms with Crippen molar-refractivity contribution >= 4 is 16.6 Å². The van der Waals surface area contributed by atoms with Crippen LogP contribution < -0.4 is 0 Å². The number of fused-ring (bicyclic) bond motifs is 1. The highest BCUT2D eigenvalue weighted by atomic mass is 19.1. The Kier molecular flexibility index (Phi) is 3.31. The molecule has 0 fully saturated rings. The van der Waals surface area contributed by atoms with E-state index < -0.39 is 10.7 Å². The summed E-state index contributed by atoms with van der Waals surface area (Å²) >= 11 is 0. The molecule has 2 aromatic carbocycles. The Balaban J connectivity index is 2.08. The number of benzene rings is 2. The van der Waals surface area contributed by atoms with Crippen molar-refractivity contribution in [3.05, 3.63) is 75.7 Å². The van der Waals surface area contributed by atoms with Gasteiger partial charge in [0.1, 0.15) is 5.82 Å². The number of nitro benzene ring substituents is 1. The molecule has 0 aliphatic carbocycles. The van der Waals surface area contributed by atoms with Gasteiger partial charge < -0.3 is 4.57 Å². The summed E-state index contributed by atoms with van der Waals surface area (Å²) in [6, 6.07) is 12.5. The zero-order valence-electron chi connectivity index (χ0n) is 11.4. The lowest BCUT2D eigenvalue weighted by Crippen LogP contribution is -2.01. The number of nitro groups is 1. The summed E-state index contributed by atoms with van der Waals surface area (Å²) in [4.78, 5) is 10.6. The molecule has 0 unspecified atom stereocenters. The van der Waals surface area contributed by atoms with Crippen molar-refractivity contribution in [3.63, 3.8) is 0 Å². The van der Waals surface area contributed by atoms with Crippen LogP contribution in [0.2, 0.25) is 0 Å². The van der Waals surface area contributed by atoms with Crippen LogP contribution in [-0.4, -0.2) is 9.49 Å². The average Bonchev–Trinajstić information content (AvgIpc) is 2.92. The van der Waals surface area contributed by atoms with Crippen molar-refractivity contribution in [2.75, 3.05) is 0 Å². The van der Waals surface area contributed by atoms with Gasteiger partial charge in [0.25, 0.3) is 5.69 Å². The quantitative estimate of drug-likeness (QED) is 0.547. The number of nitriles is 1. The highest BCUT2D eigenvalue weighted by Gasteiger charge is 2.14. The molecule has 0 amide bonds. The van der Waals surface area contributed by atoms with Gasteiger partial charge in [0, 0.05) is 18.8 Å².